The average Bonchev–Trinajstić information content (AvgIpc) is 2.15. The van der Waals surface area contributed by atoms with Crippen molar-refractivity contribution in [3.05, 3.63) is 24.0 Å². The second kappa shape index (κ2) is 6.45. The maximum absolute atomic E-state index is 12.7. The van der Waals surface area contributed by atoms with Gasteiger partial charge in [0.2, 0.25) is 0 Å². The molecule has 0 aliphatic heterocycles. The van der Waals surface area contributed by atoms with Gasteiger partial charge in [0, 0.05) is 12.6 Å². The Hall–Kier alpha value is -1.00. The number of halogens is 2. The predicted octanol–water partition coefficient (Wildman–Crippen LogP) is 1.59. The number of ether oxygens (including phenoxy) is 2. The molecule has 0 aliphatic carbocycles. The summed E-state index contributed by atoms with van der Waals surface area (Å²) in [4.78, 5) is 0. The fourth-order valence-corrected chi connectivity index (χ4v) is 0.932. The van der Waals surface area contributed by atoms with E-state index in [1.807, 2.05) is 0 Å². The van der Waals surface area contributed by atoms with Crippen LogP contribution in [0.4, 0.5) is 4.39 Å². The summed E-state index contributed by atoms with van der Waals surface area (Å²) in [7, 11) is 1.50. The van der Waals surface area contributed by atoms with Crippen LogP contribution in [0.15, 0.2) is 18.2 Å². The summed E-state index contributed by atoms with van der Waals surface area (Å²) in [6.45, 7) is 0.736. The number of methoxy groups -OCH3 is 1. The third kappa shape index (κ3) is 3.40. The van der Waals surface area contributed by atoms with Gasteiger partial charge in [-0.2, -0.15) is 0 Å². The minimum Gasteiger partial charge on any atom is -0.493 e. The zero-order valence-corrected chi connectivity index (χ0v) is 8.64. The number of nitrogens with two attached hydrogens (primary N) is 1. The van der Waals surface area contributed by atoms with Crippen LogP contribution in [0.1, 0.15) is 0 Å². The second-order valence-electron chi connectivity index (χ2n) is 2.43. The summed E-state index contributed by atoms with van der Waals surface area (Å²) in [5, 5.41) is 0. The zero-order chi connectivity index (χ0) is 9.68. The molecule has 0 atom stereocenters. The van der Waals surface area contributed by atoms with E-state index in [1.165, 1.54) is 25.3 Å². The van der Waals surface area contributed by atoms with E-state index in [9.17, 15) is 4.39 Å². The lowest BCUT2D eigenvalue weighted by molar-refractivity contribution is 0.300. The van der Waals surface area contributed by atoms with Crippen LogP contribution in [0, 0.1) is 5.82 Å². The highest BCUT2D eigenvalue weighted by molar-refractivity contribution is 5.85. The number of rotatable bonds is 4. The lowest BCUT2D eigenvalue weighted by Crippen LogP contribution is -2.11. The van der Waals surface area contributed by atoms with Crippen LogP contribution in [0.3, 0.4) is 0 Å². The zero-order valence-electron chi connectivity index (χ0n) is 7.83. The van der Waals surface area contributed by atoms with Crippen molar-refractivity contribution in [2.24, 2.45) is 5.73 Å². The smallest absolute Gasteiger partial charge is 0.164 e. The van der Waals surface area contributed by atoms with Crippen molar-refractivity contribution in [1.82, 2.24) is 0 Å². The first-order chi connectivity index (χ1) is 6.27. The molecule has 3 nitrogen and oxygen atoms in total. The third-order valence-corrected chi connectivity index (χ3v) is 1.50. The van der Waals surface area contributed by atoms with Gasteiger partial charge in [-0.25, -0.2) is 4.39 Å². The lowest BCUT2D eigenvalue weighted by atomic mass is 10.3. The normalized spacial score (nSPS) is 9.07. The Morgan fingerprint density at radius 2 is 2.07 bits per heavy atom. The molecule has 80 valence electrons. The maximum atomic E-state index is 12.7. The molecule has 0 aromatic heterocycles. The lowest BCUT2D eigenvalue weighted by Gasteiger charge is -2.09. The highest BCUT2D eigenvalue weighted by atomic mass is 35.5. The molecule has 0 saturated heterocycles. The molecule has 0 spiro atoms. The maximum Gasteiger partial charge on any atom is 0.164 e. The minimum atomic E-state index is -0.354. The molecule has 0 aliphatic rings. The number of hydrogen-bond donors (Lipinski definition) is 1. The molecule has 1 aromatic carbocycles. The van der Waals surface area contributed by atoms with Crippen molar-refractivity contribution < 1.29 is 13.9 Å². The van der Waals surface area contributed by atoms with Gasteiger partial charge in [0.05, 0.1) is 7.11 Å². The first-order valence-electron chi connectivity index (χ1n) is 3.94. The van der Waals surface area contributed by atoms with Crippen molar-refractivity contribution in [2.45, 2.75) is 0 Å². The molecule has 0 fully saturated rings. The monoisotopic (exact) mass is 221 g/mol. The van der Waals surface area contributed by atoms with E-state index >= 15 is 0 Å². The topological polar surface area (TPSA) is 44.5 Å². The van der Waals surface area contributed by atoms with E-state index in [0.717, 1.165) is 0 Å². The van der Waals surface area contributed by atoms with Crippen LogP contribution in [-0.2, 0) is 0 Å². The summed E-state index contributed by atoms with van der Waals surface area (Å²) in [6.07, 6.45) is 0. The van der Waals surface area contributed by atoms with Crippen LogP contribution in [0.25, 0.3) is 0 Å². The van der Waals surface area contributed by atoms with Crippen LogP contribution >= 0.6 is 12.4 Å². The van der Waals surface area contributed by atoms with Crippen LogP contribution in [0.5, 0.6) is 11.5 Å². The Morgan fingerprint density at radius 3 is 2.64 bits per heavy atom. The number of benzene rings is 1. The molecule has 2 N–H and O–H groups in total. The van der Waals surface area contributed by atoms with Crippen molar-refractivity contribution in [2.75, 3.05) is 20.3 Å². The van der Waals surface area contributed by atoms with Gasteiger partial charge in [-0.15, -0.1) is 12.4 Å². The Bertz CT molecular complexity index is 284. The molecule has 1 rings (SSSR count). The first-order valence-corrected chi connectivity index (χ1v) is 3.94. The van der Waals surface area contributed by atoms with Gasteiger partial charge in [0.25, 0.3) is 0 Å². The Kier molecular flexibility index (Phi) is 5.99. The van der Waals surface area contributed by atoms with E-state index in [0.29, 0.717) is 24.7 Å². The van der Waals surface area contributed by atoms with Gasteiger partial charge < -0.3 is 15.2 Å². The fraction of sp³-hybridized carbons (Fsp3) is 0.333. The molecule has 14 heavy (non-hydrogen) atoms. The highest BCUT2D eigenvalue weighted by Crippen LogP contribution is 2.27. The third-order valence-electron chi connectivity index (χ3n) is 1.50. The summed E-state index contributed by atoms with van der Waals surface area (Å²) in [6, 6.07) is 4.10. The van der Waals surface area contributed by atoms with E-state index in [1.54, 1.807) is 0 Å². The van der Waals surface area contributed by atoms with Gasteiger partial charge in [-0.1, -0.05) is 0 Å². The number of hydrogen-bond acceptors (Lipinski definition) is 3. The summed E-state index contributed by atoms with van der Waals surface area (Å²) < 4.78 is 22.9. The molecule has 1 aromatic rings. The van der Waals surface area contributed by atoms with Gasteiger partial charge >= 0.3 is 0 Å². The fourth-order valence-electron chi connectivity index (χ4n) is 0.932. The van der Waals surface area contributed by atoms with Gasteiger partial charge in [-0.05, 0) is 12.1 Å². The van der Waals surface area contributed by atoms with Crippen LogP contribution in [-0.4, -0.2) is 20.3 Å². The molecule has 0 amide bonds. The van der Waals surface area contributed by atoms with E-state index < -0.39 is 0 Å². The van der Waals surface area contributed by atoms with E-state index in [2.05, 4.69) is 0 Å². The van der Waals surface area contributed by atoms with Gasteiger partial charge in [0.1, 0.15) is 12.4 Å². The Balaban J connectivity index is 0.00000169. The van der Waals surface area contributed by atoms with Crippen LogP contribution in [0.2, 0.25) is 0 Å². The SMILES string of the molecule is COc1ccc(F)cc1OCCN.Cl. The Labute approximate surface area is 88.4 Å². The molecule has 0 heterocycles. The van der Waals surface area contributed by atoms with Crippen molar-refractivity contribution >= 4 is 12.4 Å². The molecular formula is C9H13ClFNO2. The highest BCUT2D eigenvalue weighted by Gasteiger charge is 2.04. The van der Waals surface area contributed by atoms with E-state index in [4.69, 9.17) is 15.2 Å². The summed E-state index contributed by atoms with van der Waals surface area (Å²) >= 11 is 0. The molecule has 5 heteroatoms. The summed E-state index contributed by atoms with van der Waals surface area (Å²) in [5.74, 6) is 0.538. The van der Waals surface area contributed by atoms with Gasteiger partial charge in [-0.3, -0.25) is 0 Å². The molecule has 0 saturated carbocycles. The minimum absolute atomic E-state index is 0. The molecule has 0 radical (unpaired) electrons. The quantitative estimate of drug-likeness (QED) is 0.840. The largest absolute Gasteiger partial charge is 0.493 e. The van der Waals surface area contributed by atoms with Crippen molar-refractivity contribution in [1.29, 1.82) is 0 Å². The summed E-state index contributed by atoms with van der Waals surface area (Å²) in [5.41, 5.74) is 5.25. The van der Waals surface area contributed by atoms with Crippen molar-refractivity contribution in [3.8, 4) is 11.5 Å². The second-order valence-corrected chi connectivity index (χ2v) is 2.43. The average molecular weight is 222 g/mol. The standard InChI is InChI=1S/C9H12FNO2.ClH/c1-12-8-3-2-7(10)6-9(8)13-5-4-11;/h2-3,6H,4-5,11H2,1H3;1H. The van der Waals surface area contributed by atoms with Gasteiger partial charge in [0.15, 0.2) is 11.5 Å². The molecular weight excluding hydrogens is 209 g/mol. The van der Waals surface area contributed by atoms with E-state index in [-0.39, 0.29) is 18.2 Å². The van der Waals surface area contributed by atoms with Crippen molar-refractivity contribution in [3.63, 3.8) is 0 Å². The predicted molar refractivity (Wildman–Crippen MR) is 54.7 cm³/mol. The van der Waals surface area contributed by atoms with Crippen LogP contribution < -0.4 is 15.2 Å². The molecule has 0 unspecified atom stereocenters. The molecule has 0 bridgehead atoms. The Morgan fingerprint density at radius 1 is 1.36 bits per heavy atom. The first kappa shape index (κ1) is 13.0.